The predicted molar refractivity (Wildman–Crippen MR) is 124 cm³/mol. The second kappa shape index (κ2) is 8.64. The zero-order valence-electron chi connectivity index (χ0n) is 17.3. The van der Waals surface area contributed by atoms with Gasteiger partial charge in [0.25, 0.3) is 0 Å². The minimum absolute atomic E-state index is 0.0648. The van der Waals surface area contributed by atoms with E-state index in [1.807, 2.05) is 41.8 Å². The van der Waals surface area contributed by atoms with Crippen molar-refractivity contribution in [2.45, 2.75) is 19.4 Å². The number of benzene rings is 1. The Morgan fingerprint density at radius 1 is 1.12 bits per heavy atom. The molecule has 0 aliphatic rings. The molecule has 10 nitrogen and oxygen atoms in total. The first-order valence-electron chi connectivity index (χ1n) is 9.89. The lowest BCUT2D eigenvalue weighted by atomic mass is 10.1. The Hall–Kier alpha value is -3.76. The molecule has 0 aliphatic carbocycles. The van der Waals surface area contributed by atoms with Crippen LogP contribution in [0.15, 0.2) is 53.6 Å². The van der Waals surface area contributed by atoms with E-state index >= 15 is 0 Å². The third-order valence-electron chi connectivity index (χ3n) is 5.06. The maximum atomic E-state index is 6.39. The smallest absolute Gasteiger partial charge is 0.249 e. The summed E-state index contributed by atoms with van der Waals surface area (Å²) < 4.78 is 7.24. The molecule has 0 saturated heterocycles. The molecule has 0 aliphatic heterocycles. The Morgan fingerprint density at radius 3 is 2.82 bits per heavy atom. The number of rotatable bonds is 6. The lowest BCUT2D eigenvalue weighted by Crippen LogP contribution is -2.17. The predicted octanol–water partition coefficient (Wildman–Crippen LogP) is 4.16. The summed E-state index contributed by atoms with van der Waals surface area (Å²) in [4.78, 5) is 21.6. The van der Waals surface area contributed by atoms with Gasteiger partial charge >= 0.3 is 0 Å². The molecule has 5 aromatic rings. The first kappa shape index (κ1) is 21.1. The van der Waals surface area contributed by atoms with Crippen molar-refractivity contribution in [1.82, 2.24) is 34.5 Å². The summed E-state index contributed by atoms with van der Waals surface area (Å²) in [5.41, 5.74) is 8.52. The quantitative estimate of drug-likeness (QED) is 0.366. The van der Waals surface area contributed by atoms with Crippen molar-refractivity contribution in [1.29, 1.82) is 0 Å². The van der Waals surface area contributed by atoms with Gasteiger partial charge in [-0.15, -0.1) is 0 Å². The van der Waals surface area contributed by atoms with E-state index in [0.717, 1.165) is 22.5 Å². The number of pyridine rings is 1. The van der Waals surface area contributed by atoms with Crippen LogP contribution in [0.1, 0.15) is 23.3 Å². The Bertz CT molecular complexity index is 1440. The fraction of sp³-hybridized carbons (Fsp3) is 0.143. The summed E-state index contributed by atoms with van der Waals surface area (Å²) in [5.74, 6) is 1.91. The molecule has 0 fully saturated rings. The van der Waals surface area contributed by atoms with Crippen LogP contribution in [-0.2, 0) is 6.42 Å². The van der Waals surface area contributed by atoms with Gasteiger partial charge in [-0.2, -0.15) is 19.9 Å². The fourth-order valence-corrected chi connectivity index (χ4v) is 3.85. The zero-order chi connectivity index (χ0) is 22.9. The maximum absolute atomic E-state index is 6.39. The molecule has 1 aromatic carbocycles. The van der Waals surface area contributed by atoms with E-state index in [4.69, 9.17) is 33.5 Å². The van der Waals surface area contributed by atoms with Crippen molar-refractivity contribution >= 4 is 40.6 Å². The highest BCUT2D eigenvalue weighted by Crippen LogP contribution is 2.30. The van der Waals surface area contributed by atoms with Crippen molar-refractivity contribution in [3.63, 3.8) is 0 Å². The van der Waals surface area contributed by atoms with Gasteiger partial charge in [-0.3, -0.25) is 0 Å². The summed E-state index contributed by atoms with van der Waals surface area (Å²) in [6, 6.07) is 8.76. The molecule has 0 radical (unpaired) electrons. The van der Waals surface area contributed by atoms with Crippen molar-refractivity contribution in [2.75, 3.05) is 11.1 Å². The first-order chi connectivity index (χ1) is 16.0. The van der Waals surface area contributed by atoms with Gasteiger partial charge in [0.2, 0.25) is 17.8 Å². The van der Waals surface area contributed by atoms with E-state index in [1.54, 1.807) is 12.3 Å². The van der Waals surface area contributed by atoms with Gasteiger partial charge < -0.3 is 20.0 Å². The number of nitrogens with one attached hydrogen (secondary N) is 1. The van der Waals surface area contributed by atoms with E-state index < -0.39 is 6.04 Å². The molecule has 0 saturated carbocycles. The van der Waals surface area contributed by atoms with Crippen LogP contribution in [0.3, 0.4) is 0 Å². The second-order valence-corrected chi connectivity index (χ2v) is 8.04. The second-order valence-electron chi connectivity index (χ2n) is 7.25. The van der Waals surface area contributed by atoms with E-state index in [2.05, 4.69) is 35.4 Å². The number of halogens is 2. The highest BCUT2D eigenvalue weighted by Gasteiger charge is 2.22. The minimum atomic E-state index is -0.489. The lowest BCUT2D eigenvalue weighted by molar-refractivity contribution is 0.360. The van der Waals surface area contributed by atoms with Gasteiger partial charge in [0.15, 0.2) is 12.2 Å². The number of anilines is 2. The monoisotopic (exact) mass is 481 g/mol. The lowest BCUT2D eigenvalue weighted by Gasteiger charge is -2.17. The minimum Gasteiger partial charge on any atom is -0.368 e. The summed E-state index contributed by atoms with van der Waals surface area (Å²) in [6.45, 7) is 1.92. The SMILES string of the molecule is Cc1ncc2ccc(-c3nc(N)nc(NC(Cc4cccc(Cl)c4Cl)c4ncno4)n3)cn12. The largest absolute Gasteiger partial charge is 0.368 e. The number of nitrogens with two attached hydrogens (primary N) is 1. The molecule has 0 spiro atoms. The van der Waals surface area contributed by atoms with Crippen molar-refractivity contribution in [3.8, 4) is 11.4 Å². The first-order valence-corrected chi connectivity index (χ1v) is 10.6. The molecular formula is C21H17Cl2N9O. The molecule has 1 atom stereocenters. The van der Waals surface area contributed by atoms with Gasteiger partial charge in [-0.1, -0.05) is 40.5 Å². The number of fused-ring (bicyclic) bond motifs is 1. The Morgan fingerprint density at radius 2 is 2.00 bits per heavy atom. The van der Waals surface area contributed by atoms with E-state index in [-0.39, 0.29) is 11.9 Å². The Kier molecular flexibility index (Phi) is 5.53. The van der Waals surface area contributed by atoms with Crippen molar-refractivity contribution in [2.24, 2.45) is 0 Å². The number of nitrogen functional groups attached to an aromatic ring is 1. The van der Waals surface area contributed by atoms with E-state index in [0.29, 0.717) is 28.2 Å². The zero-order valence-corrected chi connectivity index (χ0v) is 18.8. The molecule has 3 N–H and O–H groups in total. The number of hydrogen-bond acceptors (Lipinski definition) is 9. The Labute approximate surface area is 197 Å². The highest BCUT2D eigenvalue weighted by molar-refractivity contribution is 6.42. The third kappa shape index (κ3) is 4.30. The summed E-state index contributed by atoms with van der Waals surface area (Å²) in [5, 5.41) is 7.82. The number of aryl methyl sites for hydroxylation is 1. The highest BCUT2D eigenvalue weighted by atomic mass is 35.5. The number of imidazole rings is 1. The average molecular weight is 482 g/mol. The summed E-state index contributed by atoms with van der Waals surface area (Å²) in [6.07, 6.45) is 5.41. The summed E-state index contributed by atoms with van der Waals surface area (Å²) >= 11 is 12.6. The summed E-state index contributed by atoms with van der Waals surface area (Å²) in [7, 11) is 0. The van der Waals surface area contributed by atoms with E-state index in [9.17, 15) is 0 Å². The van der Waals surface area contributed by atoms with Gasteiger partial charge in [0, 0.05) is 18.2 Å². The van der Waals surface area contributed by atoms with Crippen LogP contribution in [0.25, 0.3) is 16.9 Å². The molecule has 4 aromatic heterocycles. The molecule has 12 heteroatoms. The maximum Gasteiger partial charge on any atom is 0.249 e. The third-order valence-corrected chi connectivity index (χ3v) is 5.92. The van der Waals surface area contributed by atoms with Crippen LogP contribution >= 0.6 is 23.2 Å². The van der Waals surface area contributed by atoms with Crippen molar-refractivity contribution in [3.05, 3.63) is 76.4 Å². The standard InChI is InChI=1S/C21H17Cl2N9O/c1-11-25-8-14-6-5-13(9-32(11)14)18-29-20(24)31-21(30-18)28-16(19-26-10-27-33-19)7-12-3-2-4-15(22)17(12)23/h2-6,8-10,16H,7H2,1H3,(H3,24,28,29,30,31). The van der Waals surface area contributed by atoms with Gasteiger partial charge in [0.1, 0.15) is 11.9 Å². The Balaban J connectivity index is 1.50. The van der Waals surface area contributed by atoms with Crippen LogP contribution in [-0.4, -0.2) is 34.5 Å². The molecule has 166 valence electrons. The van der Waals surface area contributed by atoms with Crippen LogP contribution in [0.4, 0.5) is 11.9 Å². The number of aromatic nitrogens is 7. The number of nitrogens with zero attached hydrogens (tertiary/aromatic N) is 7. The molecule has 0 bridgehead atoms. The fourth-order valence-electron chi connectivity index (χ4n) is 3.45. The van der Waals surface area contributed by atoms with Gasteiger partial charge in [0.05, 0.1) is 21.8 Å². The topological polar surface area (TPSA) is 133 Å². The normalized spacial score (nSPS) is 12.2. The molecule has 0 amide bonds. The van der Waals surface area contributed by atoms with Gasteiger partial charge in [-0.25, -0.2) is 4.98 Å². The number of hydrogen-bond donors (Lipinski definition) is 2. The van der Waals surface area contributed by atoms with Crippen LogP contribution in [0.2, 0.25) is 10.0 Å². The van der Waals surface area contributed by atoms with Crippen LogP contribution < -0.4 is 11.1 Å². The van der Waals surface area contributed by atoms with Crippen molar-refractivity contribution < 1.29 is 4.52 Å². The van der Waals surface area contributed by atoms with E-state index in [1.165, 1.54) is 6.33 Å². The average Bonchev–Trinajstić information content (AvgIpc) is 3.46. The molecular weight excluding hydrogens is 465 g/mol. The molecule has 5 rings (SSSR count). The van der Waals surface area contributed by atoms with Gasteiger partial charge in [-0.05, 0) is 30.7 Å². The van der Waals surface area contributed by atoms with Crippen LogP contribution in [0.5, 0.6) is 0 Å². The molecule has 1 unspecified atom stereocenters. The molecule has 4 heterocycles. The van der Waals surface area contributed by atoms with Crippen LogP contribution in [0, 0.1) is 6.92 Å². The molecule has 33 heavy (non-hydrogen) atoms.